The molecule has 23 heavy (non-hydrogen) atoms. The Kier molecular flexibility index (Phi) is 3.97. The summed E-state index contributed by atoms with van der Waals surface area (Å²) in [5.41, 5.74) is 0.585. The second-order valence-electron chi connectivity index (χ2n) is 5.17. The predicted octanol–water partition coefficient (Wildman–Crippen LogP) is 2.38. The van der Waals surface area contributed by atoms with E-state index in [1.165, 1.54) is 17.6 Å². The van der Waals surface area contributed by atoms with Gasteiger partial charge in [0.05, 0.1) is 12.2 Å². The highest BCUT2D eigenvalue weighted by molar-refractivity contribution is 6.07. The first-order chi connectivity index (χ1) is 11.1. The Morgan fingerprint density at radius 3 is 2.70 bits per heavy atom. The summed E-state index contributed by atoms with van der Waals surface area (Å²) in [6.45, 7) is 1.39. The van der Waals surface area contributed by atoms with E-state index in [1.54, 1.807) is 30.6 Å². The van der Waals surface area contributed by atoms with Crippen molar-refractivity contribution in [2.24, 2.45) is 0 Å². The molecule has 1 aliphatic rings. The highest BCUT2D eigenvalue weighted by Gasteiger charge is 2.26. The van der Waals surface area contributed by atoms with E-state index in [0.29, 0.717) is 5.56 Å². The quantitative estimate of drug-likeness (QED) is 0.810. The highest BCUT2D eigenvalue weighted by atomic mass is 16.5. The number of carbonyl (C=O) groups is 3. The lowest BCUT2D eigenvalue weighted by atomic mass is 9.98. The average Bonchev–Trinajstić information content (AvgIpc) is 3.06. The lowest BCUT2D eigenvalue weighted by molar-refractivity contribution is 0.0830. The van der Waals surface area contributed by atoms with E-state index in [2.05, 4.69) is 0 Å². The molecule has 0 aliphatic carbocycles. The number of nitrogens with zero attached hydrogens (tertiary/aromatic N) is 1. The van der Waals surface area contributed by atoms with Crippen LogP contribution in [-0.2, 0) is 0 Å². The number of ketones is 2. The normalized spacial score (nSPS) is 13.2. The second kappa shape index (κ2) is 6.08. The Morgan fingerprint density at radius 1 is 1.26 bits per heavy atom. The molecule has 0 unspecified atom stereocenters. The maximum absolute atomic E-state index is 12.0. The smallest absolute Gasteiger partial charge is 0.268 e. The number of ether oxygens (including phenoxy) is 2. The third-order valence-corrected chi connectivity index (χ3v) is 3.59. The van der Waals surface area contributed by atoms with Crippen LogP contribution in [-0.4, -0.2) is 35.3 Å². The van der Waals surface area contributed by atoms with E-state index in [0.717, 1.165) is 0 Å². The first-order valence-corrected chi connectivity index (χ1v) is 7.21. The molecule has 1 aromatic heterocycles. The van der Waals surface area contributed by atoms with Crippen molar-refractivity contribution in [1.29, 1.82) is 0 Å². The zero-order chi connectivity index (χ0) is 16.4. The number of aromatic nitrogens is 1. The van der Waals surface area contributed by atoms with Crippen molar-refractivity contribution < 1.29 is 23.9 Å². The van der Waals surface area contributed by atoms with Crippen molar-refractivity contribution in [3.8, 4) is 11.5 Å². The summed E-state index contributed by atoms with van der Waals surface area (Å²) in [7, 11) is 0. The highest BCUT2D eigenvalue weighted by Crippen LogP contribution is 2.35. The molecule has 0 atom stereocenters. The van der Waals surface area contributed by atoms with Crippen LogP contribution < -0.4 is 9.47 Å². The van der Waals surface area contributed by atoms with Gasteiger partial charge in [-0.15, -0.1) is 0 Å². The van der Waals surface area contributed by atoms with Gasteiger partial charge in [-0.3, -0.25) is 19.0 Å². The number of benzene rings is 1. The molecule has 0 N–H and O–H groups in total. The predicted molar refractivity (Wildman–Crippen MR) is 81.4 cm³/mol. The second-order valence-corrected chi connectivity index (χ2v) is 5.17. The molecule has 0 saturated carbocycles. The van der Waals surface area contributed by atoms with Gasteiger partial charge in [0.15, 0.2) is 18.2 Å². The van der Waals surface area contributed by atoms with Crippen LogP contribution in [0.2, 0.25) is 0 Å². The van der Waals surface area contributed by atoms with Crippen molar-refractivity contribution in [3.63, 3.8) is 0 Å². The molecule has 6 heteroatoms. The molecule has 0 spiro atoms. The third-order valence-electron chi connectivity index (χ3n) is 3.59. The minimum Gasteiger partial charge on any atom is -0.491 e. The fourth-order valence-corrected chi connectivity index (χ4v) is 2.48. The van der Waals surface area contributed by atoms with E-state index in [-0.39, 0.29) is 54.2 Å². The summed E-state index contributed by atoms with van der Waals surface area (Å²) in [6, 6.07) is 6.57. The lowest BCUT2D eigenvalue weighted by Gasteiger charge is -2.20. The SMILES string of the molecule is CC(=O)c1c(OCC(=O)n2cccc2)ccc2c1OCCC2=O. The molecule has 0 amide bonds. The minimum atomic E-state index is -0.278. The Balaban J connectivity index is 1.89. The summed E-state index contributed by atoms with van der Waals surface area (Å²) < 4.78 is 12.4. The van der Waals surface area contributed by atoms with E-state index in [9.17, 15) is 14.4 Å². The zero-order valence-electron chi connectivity index (χ0n) is 12.6. The van der Waals surface area contributed by atoms with Gasteiger partial charge >= 0.3 is 0 Å². The minimum absolute atomic E-state index is 0.0660. The van der Waals surface area contributed by atoms with E-state index in [1.807, 2.05) is 0 Å². The molecule has 6 nitrogen and oxygen atoms in total. The van der Waals surface area contributed by atoms with Crippen LogP contribution in [0.3, 0.4) is 0 Å². The van der Waals surface area contributed by atoms with Crippen LogP contribution >= 0.6 is 0 Å². The van der Waals surface area contributed by atoms with Gasteiger partial charge in [-0.05, 0) is 31.2 Å². The average molecular weight is 313 g/mol. The molecule has 1 aliphatic heterocycles. The van der Waals surface area contributed by atoms with Crippen molar-refractivity contribution in [2.45, 2.75) is 13.3 Å². The molecule has 0 bridgehead atoms. The molecule has 2 aromatic rings. The molecule has 2 heterocycles. The lowest BCUT2D eigenvalue weighted by Crippen LogP contribution is -2.21. The Hall–Kier alpha value is -2.89. The van der Waals surface area contributed by atoms with Gasteiger partial charge in [0.25, 0.3) is 5.91 Å². The van der Waals surface area contributed by atoms with E-state index in [4.69, 9.17) is 9.47 Å². The largest absolute Gasteiger partial charge is 0.491 e. The van der Waals surface area contributed by atoms with Crippen LogP contribution in [0.4, 0.5) is 0 Å². The monoisotopic (exact) mass is 313 g/mol. The molecule has 0 fully saturated rings. The Morgan fingerprint density at radius 2 is 2.00 bits per heavy atom. The summed E-state index contributed by atoms with van der Waals surface area (Å²) in [5, 5.41) is 0. The fourth-order valence-electron chi connectivity index (χ4n) is 2.48. The van der Waals surface area contributed by atoms with Crippen LogP contribution in [0.25, 0.3) is 0 Å². The number of hydrogen-bond acceptors (Lipinski definition) is 5. The molecule has 0 radical (unpaired) electrons. The number of carbonyl (C=O) groups excluding carboxylic acids is 3. The summed E-state index contributed by atoms with van der Waals surface area (Å²) in [5.74, 6) is -0.117. The number of Topliss-reactive ketones (excluding diaryl/α,β-unsaturated/α-hetero) is 2. The summed E-state index contributed by atoms with van der Waals surface area (Å²) >= 11 is 0. The molecule has 1 aromatic carbocycles. The summed E-state index contributed by atoms with van der Waals surface area (Å²) in [4.78, 5) is 35.8. The fraction of sp³-hybridized carbons (Fsp3) is 0.235. The van der Waals surface area contributed by atoms with Crippen molar-refractivity contribution in [2.75, 3.05) is 13.2 Å². The van der Waals surface area contributed by atoms with Crippen molar-refractivity contribution in [1.82, 2.24) is 4.57 Å². The van der Waals surface area contributed by atoms with Crippen LogP contribution in [0.5, 0.6) is 11.5 Å². The van der Waals surface area contributed by atoms with E-state index >= 15 is 0 Å². The van der Waals surface area contributed by atoms with Gasteiger partial charge in [0, 0.05) is 18.8 Å². The standard InChI is InChI=1S/C17H15NO5/c1-11(19)16-14(23-10-15(21)18-7-2-3-8-18)5-4-12-13(20)6-9-22-17(12)16/h2-5,7-8H,6,9-10H2,1H3. The summed E-state index contributed by atoms with van der Waals surface area (Å²) in [6.07, 6.45) is 3.52. The van der Waals surface area contributed by atoms with Gasteiger partial charge < -0.3 is 9.47 Å². The molecule has 0 saturated heterocycles. The number of hydrogen-bond donors (Lipinski definition) is 0. The first-order valence-electron chi connectivity index (χ1n) is 7.21. The molecule has 3 rings (SSSR count). The molecular formula is C17H15NO5. The number of rotatable bonds is 4. The molecular weight excluding hydrogens is 298 g/mol. The topological polar surface area (TPSA) is 74.6 Å². The molecule has 118 valence electrons. The van der Waals surface area contributed by atoms with Gasteiger partial charge in [-0.2, -0.15) is 0 Å². The Labute approximate surface area is 132 Å². The Bertz CT molecular complexity index is 777. The van der Waals surface area contributed by atoms with Gasteiger partial charge in [-0.1, -0.05) is 0 Å². The zero-order valence-corrected chi connectivity index (χ0v) is 12.6. The van der Waals surface area contributed by atoms with E-state index < -0.39 is 0 Å². The van der Waals surface area contributed by atoms with Crippen LogP contribution in [0.15, 0.2) is 36.7 Å². The van der Waals surface area contributed by atoms with Gasteiger partial charge in [0.1, 0.15) is 17.1 Å². The number of fused-ring (bicyclic) bond motifs is 1. The van der Waals surface area contributed by atoms with Crippen LogP contribution in [0, 0.1) is 0 Å². The third kappa shape index (κ3) is 2.88. The maximum atomic E-state index is 12.0. The first kappa shape index (κ1) is 15.0. The van der Waals surface area contributed by atoms with Gasteiger partial charge in [-0.25, -0.2) is 0 Å². The van der Waals surface area contributed by atoms with Crippen molar-refractivity contribution >= 4 is 17.5 Å². The van der Waals surface area contributed by atoms with Crippen LogP contribution in [0.1, 0.15) is 38.9 Å². The maximum Gasteiger partial charge on any atom is 0.268 e. The van der Waals surface area contributed by atoms with Gasteiger partial charge in [0.2, 0.25) is 0 Å². The van der Waals surface area contributed by atoms with Crippen molar-refractivity contribution in [3.05, 3.63) is 47.8 Å².